The van der Waals surface area contributed by atoms with Crippen LogP contribution >= 0.6 is 0 Å². The highest BCUT2D eigenvalue weighted by molar-refractivity contribution is 5.66. The minimum atomic E-state index is -0.169. The van der Waals surface area contributed by atoms with Crippen molar-refractivity contribution in [3.05, 3.63) is 0 Å². The van der Waals surface area contributed by atoms with Crippen LogP contribution in [-0.4, -0.2) is 12.1 Å². The molecule has 0 aromatic carbocycles. The van der Waals surface area contributed by atoms with Crippen LogP contribution in [0, 0.1) is 5.41 Å². The molecule has 0 rings (SSSR count). The molecule has 1 atom stereocenters. The van der Waals surface area contributed by atoms with Crippen LogP contribution in [0.3, 0.4) is 0 Å². The highest BCUT2D eigenvalue weighted by Crippen LogP contribution is 2.22. The Kier molecular flexibility index (Phi) is 6.62. The second kappa shape index (κ2) is 6.86. The van der Waals surface area contributed by atoms with Crippen molar-refractivity contribution in [2.45, 2.75) is 72.8 Å². The normalized spacial score (nSPS) is 13.7. The summed E-state index contributed by atoms with van der Waals surface area (Å²) in [5.41, 5.74) is 0.446. The number of hydrogen-bond donors (Lipinski definition) is 0. The Morgan fingerprint density at radius 2 is 1.80 bits per heavy atom. The van der Waals surface area contributed by atoms with Crippen LogP contribution in [0.25, 0.3) is 0 Å². The van der Waals surface area contributed by atoms with E-state index in [0.717, 1.165) is 12.8 Å². The van der Waals surface area contributed by atoms with Crippen LogP contribution < -0.4 is 0 Å². The van der Waals surface area contributed by atoms with E-state index in [4.69, 9.17) is 4.74 Å². The van der Waals surface area contributed by atoms with Gasteiger partial charge in [-0.25, -0.2) is 0 Å². The molecule has 0 bridgehead atoms. The fraction of sp³-hybridized carbons (Fsp3) is 0.923. The summed E-state index contributed by atoms with van der Waals surface area (Å²) in [4.78, 5) is 10.7. The van der Waals surface area contributed by atoms with Crippen molar-refractivity contribution in [3.63, 3.8) is 0 Å². The number of hydrogen-bond acceptors (Lipinski definition) is 2. The first kappa shape index (κ1) is 14.5. The molecular weight excluding hydrogens is 188 g/mol. The number of carbonyl (C=O) groups is 1. The van der Waals surface area contributed by atoms with Gasteiger partial charge in [-0.1, -0.05) is 33.6 Å². The molecule has 0 heterocycles. The molecule has 0 radical (unpaired) electrons. The van der Waals surface area contributed by atoms with Crippen LogP contribution in [0.5, 0.6) is 0 Å². The van der Waals surface area contributed by atoms with Gasteiger partial charge in [0.15, 0.2) is 0 Å². The first-order valence-electron chi connectivity index (χ1n) is 5.98. The Morgan fingerprint density at radius 3 is 2.27 bits per heavy atom. The molecule has 90 valence electrons. The number of rotatable bonds is 6. The molecule has 0 aromatic heterocycles. The minimum Gasteiger partial charge on any atom is -0.463 e. The zero-order valence-electron chi connectivity index (χ0n) is 10.9. The Balaban J connectivity index is 3.35. The first-order valence-corrected chi connectivity index (χ1v) is 5.98. The SMILES string of the molecule is CC(=O)OC(C)CCCCCC(C)(C)C. The molecule has 0 N–H and O–H groups in total. The van der Waals surface area contributed by atoms with Crippen LogP contribution in [0.4, 0.5) is 0 Å². The summed E-state index contributed by atoms with van der Waals surface area (Å²) in [5.74, 6) is -0.169. The highest BCUT2D eigenvalue weighted by Gasteiger charge is 2.09. The molecule has 0 saturated carbocycles. The maximum Gasteiger partial charge on any atom is 0.302 e. The van der Waals surface area contributed by atoms with Crippen LogP contribution in [0.2, 0.25) is 0 Å². The van der Waals surface area contributed by atoms with Gasteiger partial charge in [-0.05, 0) is 31.6 Å². The van der Waals surface area contributed by atoms with Crippen molar-refractivity contribution < 1.29 is 9.53 Å². The summed E-state index contributed by atoms with van der Waals surface area (Å²) < 4.78 is 5.06. The summed E-state index contributed by atoms with van der Waals surface area (Å²) in [7, 11) is 0. The smallest absolute Gasteiger partial charge is 0.302 e. The van der Waals surface area contributed by atoms with E-state index in [-0.39, 0.29) is 12.1 Å². The number of carbonyl (C=O) groups excluding carboxylic acids is 1. The Hall–Kier alpha value is -0.530. The highest BCUT2D eigenvalue weighted by atomic mass is 16.5. The third-order valence-corrected chi connectivity index (χ3v) is 2.40. The molecule has 0 aliphatic rings. The average molecular weight is 214 g/mol. The average Bonchev–Trinajstić information content (AvgIpc) is 1.99. The molecule has 0 amide bonds. The van der Waals surface area contributed by atoms with Gasteiger partial charge in [0, 0.05) is 6.92 Å². The van der Waals surface area contributed by atoms with E-state index in [1.165, 1.54) is 26.2 Å². The van der Waals surface area contributed by atoms with Gasteiger partial charge in [0.05, 0.1) is 6.10 Å². The molecule has 15 heavy (non-hydrogen) atoms. The van der Waals surface area contributed by atoms with Gasteiger partial charge in [0.2, 0.25) is 0 Å². The lowest BCUT2D eigenvalue weighted by Gasteiger charge is -2.17. The van der Waals surface area contributed by atoms with Crippen LogP contribution in [0.15, 0.2) is 0 Å². The maximum atomic E-state index is 10.7. The fourth-order valence-electron chi connectivity index (χ4n) is 1.61. The molecule has 0 aliphatic carbocycles. The second-order valence-corrected chi connectivity index (χ2v) is 5.58. The zero-order chi connectivity index (χ0) is 11.9. The molecular formula is C13H26O2. The third-order valence-electron chi connectivity index (χ3n) is 2.40. The summed E-state index contributed by atoms with van der Waals surface area (Å²) >= 11 is 0. The van der Waals surface area contributed by atoms with Crippen LogP contribution in [0.1, 0.15) is 66.7 Å². The van der Waals surface area contributed by atoms with E-state index < -0.39 is 0 Å². The number of ether oxygens (including phenoxy) is 1. The van der Waals surface area contributed by atoms with Gasteiger partial charge in [0.1, 0.15) is 0 Å². The van der Waals surface area contributed by atoms with Gasteiger partial charge in [-0.15, -0.1) is 0 Å². The molecule has 1 unspecified atom stereocenters. The lowest BCUT2D eigenvalue weighted by atomic mass is 9.89. The Labute approximate surface area is 94.4 Å². The zero-order valence-corrected chi connectivity index (χ0v) is 10.9. The second-order valence-electron chi connectivity index (χ2n) is 5.58. The molecule has 0 saturated heterocycles. The van der Waals surface area contributed by atoms with Gasteiger partial charge in [-0.2, -0.15) is 0 Å². The van der Waals surface area contributed by atoms with E-state index >= 15 is 0 Å². The lowest BCUT2D eigenvalue weighted by Crippen LogP contribution is -2.12. The van der Waals surface area contributed by atoms with Crippen molar-refractivity contribution >= 4 is 5.97 Å². The number of esters is 1. The molecule has 0 aromatic rings. The lowest BCUT2D eigenvalue weighted by molar-refractivity contribution is -0.145. The molecule has 0 spiro atoms. The molecule has 2 heteroatoms. The molecule has 2 nitrogen and oxygen atoms in total. The van der Waals surface area contributed by atoms with Crippen LogP contribution in [-0.2, 0) is 9.53 Å². The van der Waals surface area contributed by atoms with Crippen molar-refractivity contribution in [1.82, 2.24) is 0 Å². The standard InChI is InChI=1S/C13H26O2/c1-11(15-12(2)14)9-7-6-8-10-13(3,4)5/h11H,6-10H2,1-5H3. The van der Waals surface area contributed by atoms with Crippen molar-refractivity contribution in [3.8, 4) is 0 Å². The van der Waals surface area contributed by atoms with E-state index in [1.54, 1.807) is 0 Å². The van der Waals surface area contributed by atoms with Crippen molar-refractivity contribution in [2.24, 2.45) is 5.41 Å². The monoisotopic (exact) mass is 214 g/mol. The maximum absolute atomic E-state index is 10.7. The van der Waals surface area contributed by atoms with Gasteiger partial charge in [-0.3, -0.25) is 4.79 Å². The Bertz CT molecular complexity index is 179. The van der Waals surface area contributed by atoms with E-state index in [9.17, 15) is 4.79 Å². The van der Waals surface area contributed by atoms with Crippen molar-refractivity contribution in [2.75, 3.05) is 0 Å². The summed E-state index contributed by atoms with van der Waals surface area (Å²) in [5, 5.41) is 0. The van der Waals surface area contributed by atoms with Gasteiger partial charge >= 0.3 is 5.97 Å². The van der Waals surface area contributed by atoms with E-state index in [2.05, 4.69) is 20.8 Å². The quantitative estimate of drug-likeness (QED) is 0.494. The predicted octanol–water partition coefficient (Wildman–Crippen LogP) is 3.93. The largest absolute Gasteiger partial charge is 0.463 e. The molecule has 0 aliphatic heterocycles. The first-order chi connectivity index (χ1) is 6.81. The van der Waals surface area contributed by atoms with E-state index in [1.807, 2.05) is 6.92 Å². The Morgan fingerprint density at radius 1 is 1.20 bits per heavy atom. The fourth-order valence-corrected chi connectivity index (χ4v) is 1.61. The topological polar surface area (TPSA) is 26.3 Å². The minimum absolute atomic E-state index is 0.0807. The third kappa shape index (κ3) is 11.4. The number of unbranched alkanes of at least 4 members (excludes halogenated alkanes) is 2. The summed E-state index contributed by atoms with van der Waals surface area (Å²) in [6, 6.07) is 0. The van der Waals surface area contributed by atoms with Gasteiger partial charge in [0.25, 0.3) is 0 Å². The molecule has 0 fully saturated rings. The summed E-state index contributed by atoms with van der Waals surface area (Å²) in [6.07, 6.45) is 6.01. The summed E-state index contributed by atoms with van der Waals surface area (Å²) in [6.45, 7) is 10.2. The van der Waals surface area contributed by atoms with Gasteiger partial charge < -0.3 is 4.74 Å². The predicted molar refractivity (Wildman–Crippen MR) is 63.8 cm³/mol. The van der Waals surface area contributed by atoms with Crippen molar-refractivity contribution in [1.29, 1.82) is 0 Å². The van der Waals surface area contributed by atoms with E-state index in [0.29, 0.717) is 5.41 Å².